The average Bonchev–Trinajstić information content (AvgIpc) is 2.49. The van der Waals surface area contributed by atoms with E-state index in [0.717, 1.165) is 29.4 Å². The summed E-state index contributed by atoms with van der Waals surface area (Å²) in [6.45, 7) is 1.20. The van der Waals surface area contributed by atoms with Crippen molar-refractivity contribution < 1.29 is 14.3 Å². The second kappa shape index (κ2) is 6.88. The highest BCUT2D eigenvalue weighted by Crippen LogP contribution is 2.19. The van der Waals surface area contributed by atoms with Gasteiger partial charge in [-0.15, -0.1) is 0 Å². The van der Waals surface area contributed by atoms with Crippen LogP contribution in [0.2, 0.25) is 0 Å². The maximum Gasteiger partial charge on any atom is 0.310 e. The number of ether oxygens (including phenoxy) is 1. The summed E-state index contributed by atoms with van der Waals surface area (Å²) in [7, 11) is 1.39. The molecule has 4 nitrogen and oxygen atoms in total. The highest BCUT2D eigenvalue weighted by molar-refractivity contribution is 9.10. The van der Waals surface area contributed by atoms with E-state index in [-0.39, 0.29) is 17.8 Å². The van der Waals surface area contributed by atoms with Gasteiger partial charge < -0.3 is 9.64 Å². The Morgan fingerprint density at radius 1 is 1.35 bits per heavy atom. The monoisotopic (exact) mass is 339 g/mol. The lowest BCUT2D eigenvalue weighted by molar-refractivity contribution is -0.148. The van der Waals surface area contributed by atoms with Crippen molar-refractivity contribution in [3.63, 3.8) is 0 Å². The summed E-state index contributed by atoms with van der Waals surface area (Å²) in [6.07, 6.45) is 2.03. The number of carbonyl (C=O) groups excluding carboxylic acids is 2. The van der Waals surface area contributed by atoms with Crippen LogP contribution < -0.4 is 0 Å². The zero-order chi connectivity index (χ0) is 14.5. The van der Waals surface area contributed by atoms with Crippen molar-refractivity contribution in [3.8, 4) is 0 Å². The minimum absolute atomic E-state index is 0.0703. The summed E-state index contributed by atoms with van der Waals surface area (Å²) in [4.78, 5) is 25.6. The fourth-order valence-corrected chi connectivity index (χ4v) is 2.72. The number of methoxy groups -OCH3 is 1. The zero-order valence-corrected chi connectivity index (χ0v) is 13.1. The summed E-state index contributed by atoms with van der Waals surface area (Å²) in [6, 6.07) is 7.72. The first-order valence-electron chi connectivity index (χ1n) is 6.70. The molecule has 0 aliphatic carbocycles. The number of likely N-dealkylation sites (tertiary alicyclic amines) is 1. The quantitative estimate of drug-likeness (QED) is 0.794. The standard InChI is InChI=1S/C15H18BrNO3/c1-20-15(19)12-3-2-8-17(10-12)14(18)9-11-4-6-13(16)7-5-11/h4-7,12H,2-3,8-10H2,1H3. The molecule has 1 heterocycles. The minimum atomic E-state index is -0.217. The van der Waals surface area contributed by atoms with Crippen LogP contribution in [-0.4, -0.2) is 37.0 Å². The van der Waals surface area contributed by atoms with Gasteiger partial charge in [0.15, 0.2) is 0 Å². The van der Waals surface area contributed by atoms with Crippen molar-refractivity contribution in [3.05, 3.63) is 34.3 Å². The van der Waals surface area contributed by atoms with Gasteiger partial charge in [-0.05, 0) is 30.5 Å². The number of piperidine rings is 1. The molecule has 108 valence electrons. The number of esters is 1. The first-order chi connectivity index (χ1) is 9.60. The molecule has 1 aromatic carbocycles. The molecule has 0 aromatic heterocycles. The molecule has 0 N–H and O–H groups in total. The van der Waals surface area contributed by atoms with Crippen molar-refractivity contribution in [2.24, 2.45) is 5.92 Å². The Morgan fingerprint density at radius 3 is 2.70 bits per heavy atom. The van der Waals surface area contributed by atoms with Gasteiger partial charge in [-0.3, -0.25) is 9.59 Å². The Morgan fingerprint density at radius 2 is 2.05 bits per heavy atom. The molecule has 0 bridgehead atoms. The van der Waals surface area contributed by atoms with Gasteiger partial charge in [0.05, 0.1) is 19.4 Å². The molecule has 20 heavy (non-hydrogen) atoms. The summed E-state index contributed by atoms with van der Waals surface area (Å²) in [5.41, 5.74) is 0.985. The van der Waals surface area contributed by atoms with Crippen molar-refractivity contribution in [1.82, 2.24) is 4.90 Å². The lowest BCUT2D eigenvalue weighted by atomic mass is 9.97. The van der Waals surface area contributed by atoms with E-state index in [1.54, 1.807) is 4.90 Å². The second-order valence-corrected chi connectivity index (χ2v) is 5.92. The van der Waals surface area contributed by atoms with E-state index in [1.807, 2.05) is 24.3 Å². The maximum atomic E-state index is 12.3. The molecule has 1 unspecified atom stereocenters. The molecule has 1 aromatic rings. The Bertz CT molecular complexity index is 486. The van der Waals surface area contributed by atoms with Crippen molar-refractivity contribution in [1.29, 1.82) is 0 Å². The van der Waals surface area contributed by atoms with Crippen LogP contribution >= 0.6 is 15.9 Å². The Kier molecular flexibility index (Phi) is 5.17. The Labute approximate surface area is 127 Å². The van der Waals surface area contributed by atoms with E-state index in [9.17, 15) is 9.59 Å². The number of rotatable bonds is 3. The van der Waals surface area contributed by atoms with Crippen LogP contribution in [0.25, 0.3) is 0 Å². The molecule has 1 amide bonds. The Balaban J connectivity index is 1.95. The van der Waals surface area contributed by atoms with Gasteiger partial charge in [-0.25, -0.2) is 0 Å². The SMILES string of the molecule is COC(=O)C1CCCN(C(=O)Cc2ccc(Br)cc2)C1. The third-order valence-electron chi connectivity index (χ3n) is 3.58. The first kappa shape index (κ1) is 15.0. The molecular weight excluding hydrogens is 322 g/mol. The molecule has 0 radical (unpaired) electrons. The Hall–Kier alpha value is -1.36. The molecule has 1 atom stereocenters. The van der Waals surface area contributed by atoms with Crippen LogP contribution in [0, 0.1) is 5.92 Å². The predicted octanol–water partition coefficient (Wildman–Crippen LogP) is 2.40. The summed E-state index contributed by atoms with van der Waals surface area (Å²) in [5, 5.41) is 0. The average molecular weight is 340 g/mol. The number of benzene rings is 1. The molecule has 0 spiro atoms. The predicted molar refractivity (Wildman–Crippen MR) is 79.2 cm³/mol. The summed E-state index contributed by atoms with van der Waals surface area (Å²) in [5.74, 6) is -0.324. The molecule has 1 fully saturated rings. The normalized spacial score (nSPS) is 18.7. The molecule has 0 saturated carbocycles. The lowest BCUT2D eigenvalue weighted by Gasteiger charge is -2.31. The van der Waals surface area contributed by atoms with Gasteiger partial charge in [0.1, 0.15) is 0 Å². The van der Waals surface area contributed by atoms with E-state index < -0.39 is 0 Å². The van der Waals surface area contributed by atoms with Crippen molar-refractivity contribution in [2.75, 3.05) is 20.2 Å². The molecule has 2 rings (SSSR count). The minimum Gasteiger partial charge on any atom is -0.469 e. The number of nitrogens with zero attached hydrogens (tertiary/aromatic N) is 1. The topological polar surface area (TPSA) is 46.6 Å². The van der Waals surface area contributed by atoms with E-state index in [4.69, 9.17) is 4.74 Å². The van der Waals surface area contributed by atoms with Gasteiger partial charge in [0.2, 0.25) is 5.91 Å². The molecule has 1 saturated heterocycles. The van der Waals surface area contributed by atoms with E-state index in [2.05, 4.69) is 15.9 Å². The smallest absolute Gasteiger partial charge is 0.310 e. The van der Waals surface area contributed by atoms with Gasteiger partial charge in [0.25, 0.3) is 0 Å². The van der Waals surface area contributed by atoms with Crippen molar-refractivity contribution in [2.45, 2.75) is 19.3 Å². The fourth-order valence-electron chi connectivity index (χ4n) is 2.45. The van der Waals surface area contributed by atoms with Crippen LogP contribution in [0.5, 0.6) is 0 Å². The van der Waals surface area contributed by atoms with Gasteiger partial charge in [0, 0.05) is 17.6 Å². The molecular formula is C15H18BrNO3. The molecule has 1 aliphatic heterocycles. The maximum absolute atomic E-state index is 12.3. The second-order valence-electron chi connectivity index (χ2n) is 5.01. The molecule has 5 heteroatoms. The number of hydrogen-bond donors (Lipinski definition) is 0. The van der Waals surface area contributed by atoms with Crippen molar-refractivity contribution >= 4 is 27.8 Å². The van der Waals surface area contributed by atoms with Gasteiger partial charge in [-0.1, -0.05) is 28.1 Å². The number of carbonyl (C=O) groups is 2. The molecule has 1 aliphatic rings. The highest BCUT2D eigenvalue weighted by atomic mass is 79.9. The number of amides is 1. The summed E-state index contributed by atoms with van der Waals surface area (Å²) < 4.78 is 5.76. The number of halogens is 1. The van der Waals surface area contributed by atoms with Crippen LogP contribution in [0.1, 0.15) is 18.4 Å². The lowest BCUT2D eigenvalue weighted by Crippen LogP contribution is -2.43. The van der Waals surface area contributed by atoms with Crippen LogP contribution in [0.15, 0.2) is 28.7 Å². The first-order valence-corrected chi connectivity index (χ1v) is 7.49. The van der Waals surface area contributed by atoms with E-state index in [1.165, 1.54) is 7.11 Å². The highest BCUT2D eigenvalue weighted by Gasteiger charge is 2.28. The fraction of sp³-hybridized carbons (Fsp3) is 0.467. The van der Waals surface area contributed by atoms with E-state index >= 15 is 0 Å². The van der Waals surface area contributed by atoms with Gasteiger partial charge in [-0.2, -0.15) is 0 Å². The van der Waals surface area contributed by atoms with Crippen LogP contribution in [0.4, 0.5) is 0 Å². The summed E-state index contributed by atoms with van der Waals surface area (Å²) >= 11 is 3.37. The van der Waals surface area contributed by atoms with Crippen LogP contribution in [-0.2, 0) is 20.7 Å². The third-order valence-corrected chi connectivity index (χ3v) is 4.11. The third kappa shape index (κ3) is 3.82. The zero-order valence-electron chi connectivity index (χ0n) is 11.5. The van der Waals surface area contributed by atoms with Gasteiger partial charge >= 0.3 is 5.97 Å². The number of hydrogen-bond acceptors (Lipinski definition) is 3. The largest absolute Gasteiger partial charge is 0.469 e. The van der Waals surface area contributed by atoms with Crippen LogP contribution in [0.3, 0.4) is 0 Å². The van der Waals surface area contributed by atoms with E-state index in [0.29, 0.717) is 13.0 Å².